The molecule has 2 aromatic rings. The van der Waals surface area contributed by atoms with Gasteiger partial charge in [0.15, 0.2) is 11.6 Å². The van der Waals surface area contributed by atoms with Crippen molar-refractivity contribution in [2.45, 2.75) is 27.2 Å². The van der Waals surface area contributed by atoms with E-state index in [4.69, 9.17) is 0 Å². The molecule has 22 heavy (non-hydrogen) atoms. The first-order chi connectivity index (χ1) is 10.2. The molecule has 2 heterocycles. The number of halogens is 1. The van der Waals surface area contributed by atoms with Crippen LogP contribution in [-0.2, 0) is 6.42 Å². The first-order valence-electron chi connectivity index (χ1n) is 7.51. The number of fused-ring (bicyclic) bond motifs is 1. The lowest BCUT2D eigenvalue weighted by Gasteiger charge is -2.11. The molecule has 2 N–H and O–H groups in total. The fraction of sp³-hybridized carbons (Fsp3) is 0.533. The Morgan fingerprint density at radius 2 is 2.09 bits per heavy atom. The molecule has 0 amide bonds. The average molecular weight is 416 g/mol. The lowest BCUT2D eigenvalue weighted by Crippen LogP contribution is -2.38. The zero-order valence-electron chi connectivity index (χ0n) is 13.4. The molecule has 0 spiro atoms. The molecule has 0 aliphatic rings. The monoisotopic (exact) mass is 416 g/mol. The smallest absolute Gasteiger partial charge is 0.191 e. The number of aliphatic imine (C=N–C) groups is 1. The van der Waals surface area contributed by atoms with Gasteiger partial charge in [-0.1, -0.05) is 19.9 Å². The minimum absolute atomic E-state index is 0. The molecule has 0 aliphatic heterocycles. The molecule has 0 saturated heterocycles. The highest BCUT2D eigenvalue weighted by Gasteiger charge is 2.04. The second-order valence-electron chi connectivity index (χ2n) is 5.34. The largest absolute Gasteiger partial charge is 0.357 e. The van der Waals surface area contributed by atoms with E-state index < -0.39 is 0 Å². The van der Waals surface area contributed by atoms with Crippen LogP contribution in [0.1, 0.15) is 26.6 Å². The summed E-state index contributed by atoms with van der Waals surface area (Å²) in [5, 5.41) is 15.0. The number of hydrogen-bond donors (Lipinski definition) is 2. The molecule has 2 aromatic heterocycles. The molecule has 0 atom stereocenters. The summed E-state index contributed by atoms with van der Waals surface area (Å²) in [6.45, 7) is 8.85. The van der Waals surface area contributed by atoms with Crippen molar-refractivity contribution in [1.29, 1.82) is 0 Å². The van der Waals surface area contributed by atoms with Crippen molar-refractivity contribution < 1.29 is 0 Å². The van der Waals surface area contributed by atoms with Crippen LogP contribution in [0.25, 0.3) is 5.65 Å². The van der Waals surface area contributed by atoms with Gasteiger partial charge in [0.2, 0.25) is 0 Å². The predicted octanol–water partition coefficient (Wildman–Crippen LogP) is 2.10. The Hall–Kier alpha value is -1.38. The second-order valence-corrected chi connectivity index (χ2v) is 5.34. The quantitative estimate of drug-likeness (QED) is 0.430. The molecular formula is C15H25IN6. The number of aromatic nitrogens is 3. The van der Waals surface area contributed by atoms with Crippen LogP contribution in [-0.4, -0.2) is 40.2 Å². The van der Waals surface area contributed by atoms with Crippen LogP contribution in [0, 0.1) is 5.92 Å². The third-order valence-corrected chi connectivity index (χ3v) is 2.98. The Kier molecular flexibility index (Phi) is 8.15. The Labute approximate surface area is 148 Å². The van der Waals surface area contributed by atoms with E-state index in [-0.39, 0.29) is 24.0 Å². The fourth-order valence-corrected chi connectivity index (χ4v) is 1.97. The number of guanidine groups is 1. The number of rotatable bonds is 6. The maximum absolute atomic E-state index is 4.55. The van der Waals surface area contributed by atoms with E-state index in [1.807, 2.05) is 28.8 Å². The number of nitrogens with zero attached hydrogens (tertiary/aromatic N) is 4. The van der Waals surface area contributed by atoms with Gasteiger partial charge in [-0.05, 0) is 25.0 Å². The SMILES string of the molecule is CCNC(=NCC(C)C)NCCc1nnc2ccccn12.I. The van der Waals surface area contributed by atoms with E-state index in [2.05, 4.69) is 46.6 Å². The van der Waals surface area contributed by atoms with Crippen molar-refractivity contribution in [3.63, 3.8) is 0 Å². The van der Waals surface area contributed by atoms with Gasteiger partial charge in [-0.2, -0.15) is 0 Å². The summed E-state index contributed by atoms with van der Waals surface area (Å²) in [4.78, 5) is 4.55. The molecule has 0 saturated carbocycles. The van der Waals surface area contributed by atoms with E-state index in [9.17, 15) is 0 Å². The minimum atomic E-state index is 0. The van der Waals surface area contributed by atoms with Gasteiger partial charge in [-0.3, -0.25) is 9.39 Å². The molecule has 0 bridgehead atoms. The van der Waals surface area contributed by atoms with Gasteiger partial charge in [-0.25, -0.2) is 0 Å². The highest BCUT2D eigenvalue weighted by Crippen LogP contribution is 2.02. The first-order valence-corrected chi connectivity index (χ1v) is 7.51. The van der Waals surface area contributed by atoms with E-state index in [1.54, 1.807) is 0 Å². The van der Waals surface area contributed by atoms with Crippen LogP contribution >= 0.6 is 24.0 Å². The van der Waals surface area contributed by atoms with Crippen LogP contribution in [0.4, 0.5) is 0 Å². The van der Waals surface area contributed by atoms with Crippen LogP contribution in [0.5, 0.6) is 0 Å². The highest BCUT2D eigenvalue weighted by atomic mass is 127. The molecule has 2 rings (SSSR count). The number of nitrogens with one attached hydrogen (secondary N) is 2. The van der Waals surface area contributed by atoms with Crippen LogP contribution in [0.2, 0.25) is 0 Å². The standard InChI is InChI=1S/C15H24N6.HI/c1-4-16-15(18-11-12(2)3)17-9-8-14-20-19-13-7-5-6-10-21(13)14;/h5-7,10,12H,4,8-9,11H2,1-3H3,(H2,16,17,18);1H. The molecular weight excluding hydrogens is 391 g/mol. The van der Waals surface area contributed by atoms with Gasteiger partial charge in [-0.15, -0.1) is 34.2 Å². The van der Waals surface area contributed by atoms with Gasteiger partial charge >= 0.3 is 0 Å². The Bertz CT molecular complexity index is 592. The average Bonchev–Trinajstić information content (AvgIpc) is 2.88. The Morgan fingerprint density at radius 3 is 2.82 bits per heavy atom. The van der Waals surface area contributed by atoms with E-state index in [0.29, 0.717) is 5.92 Å². The maximum atomic E-state index is 4.55. The summed E-state index contributed by atoms with van der Waals surface area (Å²) in [5.41, 5.74) is 0.882. The van der Waals surface area contributed by atoms with Crippen molar-refractivity contribution in [2.24, 2.45) is 10.9 Å². The van der Waals surface area contributed by atoms with E-state index in [1.165, 1.54) is 0 Å². The summed E-state index contributed by atoms with van der Waals surface area (Å²) in [6.07, 6.45) is 2.79. The summed E-state index contributed by atoms with van der Waals surface area (Å²) >= 11 is 0. The molecule has 0 aliphatic carbocycles. The van der Waals surface area contributed by atoms with E-state index >= 15 is 0 Å². The lowest BCUT2D eigenvalue weighted by molar-refractivity contribution is 0.655. The van der Waals surface area contributed by atoms with Crippen LogP contribution in [0.3, 0.4) is 0 Å². The molecule has 7 heteroatoms. The molecule has 122 valence electrons. The summed E-state index contributed by atoms with van der Waals surface area (Å²) in [6, 6.07) is 5.91. The molecule has 6 nitrogen and oxygen atoms in total. The lowest BCUT2D eigenvalue weighted by atomic mass is 10.2. The normalized spacial score (nSPS) is 11.5. The Morgan fingerprint density at radius 1 is 1.27 bits per heavy atom. The minimum Gasteiger partial charge on any atom is -0.357 e. The van der Waals surface area contributed by atoms with Crippen LogP contribution < -0.4 is 10.6 Å². The first kappa shape index (κ1) is 18.7. The van der Waals surface area contributed by atoms with Crippen LogP contribution in [0.15, 0.2) is 29.4 Å². The summed E-state index contributed by atoms with van der Waals surface area (Å²) in [5.74, 6) is 2.37. The van der Waals surface area contributed by atoms with Crippen molar-refractivity contribution in [2.75, 3.05) is 19.6 Å². The summed E-state index contributed by atoms with van der Waals surface area (Å²) in [7, 11) is 0. The van der Waals surface area contributed by atoms with Crippen molar-refractivity contribution in [3.8, 4) is 0 Å². The topological polar surface area (TPSA) is 66.6 Å². The molecule has 0 radical (unpaired) electrons. The second kappa shape index (κ2) is 9.60. The fourth-order valence-electron chi connectivity index (χ4n) is 1.97. The van der Waals surface area contributed by atoms with Crippen molar-refractivity contribution in [3.05, 3.63) is 30.2 Å². The van der Waals surface area contributed by atoms with E-state index in [0.717, 1.165) is 43.5 Å². The highest BCUT2D eigenvalue weighted by molar-refractivity contribution is 14.0. The third-order valence-electron chi connectivity index (χ3n) is 2.98. The third kappa shape index (κ3) is 5.43. The molecule has 0 unspecified atom stereocenters. The molecule has 0 aromatic carbocycles. The van der Waals surface area contributed by atoms with Gasteiger partial charge in [0, 0.05) is 32.3 Å². The van der Waals surface area contributed by atoms with Crippen molar-refractivity contribution in [1.82, 2.24) is 25.2 Å². The van der Waals surface area contributed by atoms with Gasteiger partial charge in [0.25, 0.3) is 0 Å². The summed E-state index contributed by atoms with van der Waals surface area (Å²) < 4.78 is 2.01. The number of pyridine rings is 1. The zero-order valence-corrected chi connectivity index (χ0v) is 15.7. The zero-order chi connectivity index (χ0) is 15.1. The van der Waals surface area contributed by atoms with Gasteiger partial charge in [0.1, 0.15) is 5.82 Å². The molecule has 0 fully saturated rings. The Balaban J connectivity index is 0.00000242. The predicted molar refractivity (Wildman–Crippen MR) is 101 cm³/mol. The van der Waals surface area contributed by atoms with Gasteiger partial charge < -0.3 is 10.6 Å². The van der Waals surface area contributed by atoms with Gasteiger partial charge in [0.05, 0.1) is 0 Å². The van der Waals surface area contributed by atoms with Crippen molar-refractivity contribution >= 4 is 35.6 Å². The number of hydrogen-bond acceptors (Lipinski definition) is 3. The maximum Gasteiger partial charge on any atom is 0.191 e.